The lowest BCUT2D eigenvalue weighted by atomic mass is 9.83. The fourth-order valence-corrected chi connectivity index (χ4v) is 4.55. The molecule has 1 fully saturated rings. The summed E-state index contributed by atoms with van der Waals surface area (Å²) in [4.78, 5) is 28.8. The number of carbonyl (C=O) groups excluding carboxylic acids is 2. The van der Waals surface area contributed by atoms with Crippen LogP contribution in [0.5, 0.6) is 5.75 Å². The Balaban J connectivity index is 1.66. The number of amides is 2. The molecule has 36 heavy (non-hydrogen) atoms. The molecule has 0 saturated heterocycles. The number of hydrogen-bond acceptors (Lipinski definition) is 4. The molecule has 7 nitrogen and oxygen atoms in total. The highest BCUT2D eigenvalue weighted by molar-refractivity contribution is 5.99. The minimum Gasteiger partial charge on any atom is -0.497 e. The predicted molar refractivity (Wildman–Crippen MR) is 140 cm³/mol. The van der Waals surface area contributed by atoms with Crippen molar-refractivity contribution >= 4 is 28.6 Å². The summed E-state index contributed by atoms with van der Waals surface area (Å²) in [6.45, 7) is 2.06. The molecular formula is C29H29N3O4. The summed E-state index contributed by atoms with van der Waals surface area (Å²) in [6.07, 6.45) is 2.03. The van der Waals surface area contributed by atoms with E-state index in [1.807, 2.05) is 72.8 Å². The fourth-order valence-electron chi connectivity index (χ4n) is 4.55. The zero-order valence-corrected chi connectivity index (χ0v) is 20.3. The third-order valence-corrected chi connectivity index (χ3v) is 6.33. The van der Waals surface area contributed by atoms with Crippen molar-refractivity contribution in [3.8, 4) is 5.75 Å². The molecular weight excluding hydrogens is 454 g/mol. The summed E-state index contributed by atoms with van der Waals surface area (Å²) in [5.74, 6) is -0.0216. The maximum absolute atomic E-state index is 13.1. The molecule has 0 spiro atoms. The number of urea groups is 1. The number of aromatic nitrogens is 1. The normalized spacial score (nSPS) is 13.7. The Kier molecular flexibility index (Phi) is 6.62. The van der Waals surface area contributed by atoms with Crippen LogP contribution in [0.25, 0.3) is 10.9 Å². The molecule has 2 amide bonds. The van der Waals surface area contributed by atoms with Gasteiger partial charge in [0.05, 0.1) is 13.7 Å². The van der Waals surface area contributed by atoms with Gasteiger partial charge in [0, 0.05) is 34.1 Å². The number of H-pyrrole nitrogens is 1. The first kappa shape index (κ1) is 23.5. The topological polar surface area (TPSA) is 92.5 Å². The molecule has 0 bridgehead atoms. The van der Waals surface area contributed by atoms with Gasteiger partial charge in [0.1, 0.15) is 11.4 Å². The van der Waals surface area contributed by atoms with Gasteiger partial charge in [-0.1, -0.05) is 42.5 Å². The first-order valence-corrected chi connectivity index (χ1v) is 12.2. The molecule has 1 atom stereocenters. The number of esters is 1. The van der Waals surface area contributed by atoms with Crippen molar-refractivity contribution in [1.82, 2.24) is 10.3 Å². The number of hydrogen-bond donors (Lipinski definition) is 3. The zero-order chi connectivity index (χ0) is 25.1. The van der Waals surface area contributed by atoms with Crippen LogP contribution in [0.15, 0.2) is 72.8 Å². The van der Waals surface area contributed by atoms with Crippen LogP contribution < -0.4 is 15.4 Å². The Morgan fingerprint density at radius 1 is 1.00 bits per heavy atom. The number of fused-ring (bicyclic) bond motifs is 1. The number of carbonyl (C=O) groups is 2. The second kappa shape index (κ2) is 10.2. The van der Waals surface area contributed by atoms with E-state index in [4.69, 9.17) is 9.47 Å². The number of anilines is 1. The summed E-state index contributed by atoms with van der Waals surface area (Å²) in [7, 11) is 1.63. The van der Waals surface area contributed by atoms with Gasteiger partial charge in [-0.05, 0) is 61.2 Å². The van der Waals surface area contributed by atoms with Gasteiger partial charge < -0.3 is 25.1 Å². The van der Waals surface area contributed by atoms with Crippen molar-refractivity contribution in [3.63, 3.8) is 0 Å². The van der Waals surface area contributed by atoms with Crippen molar-refractivity contribution in [3.05, 3.63) is 95.2 Å². The summed E-state index contributed by atoms with van der Waals surface area (Å²) in [6, 6.07) is 23.4. The summed E-state index contributed by atoms with van der Waals surface area (Å²) in [5.41, 5.74) is 4.62. The van der Waals surface area contributed by atoms with E-state index in [9.17, 15) is 9.59 Å². The van der Waals surface area contributed by atoms with Gasteiger partial charge in [-0.25, -0.2) is 9.59 Å². The third kappa shape index (κ3) is 4.91. The summed E-state index contributed by atoms with van der Waals surface area (Å²) < 4.78 is 10.9. The average molecular weight is 484 g/mol. The number of aromatic amines is 1. The molecule has 0 radical (unpaired) electrons. The molecule has 3 N–H and O–H groups in total. The molecule has 1 heterocycles. The van der Waals surface area contributed by atoms with E-state index in [1.54, 1.807) is 14.0 Å². The highest BCUT2D eigenvalue weighted by Gasteiger charge is 2.29. The molecule has 1 aromatic heterocycles. The van der Waals surface area contributed by atoms with Gasteiger partial charge in [0.15, 0.2) is 0 Å². The van der Waals surface area contributed by atoms with Crippen LogP contribution >= 0.6 is 0 Å². The lowest BCUT2D eigenvalue weighted by Crippen LogP contribution is -2.30. The predicted octanol–water partition coefficient (Wildman–Crippen LogP) is 5.82. The first-order valence-electron chi connectivity index (χ1n) is 12.2. The highest BCUT2D eigenvalue weighted by Crippen LogP contribution is 2.40. The molecule has 3 aromatic carbocycles. The van der Waals surface area contributed by atoms with Crippen molar-refractivity contribution in [2.75, 3.05) is 19.0 Å². The lowest BCUT2D eigenvalue weighted by Gasteiger charge is -2.21. The smallest absolute Gasteiger partial charge is 0.355 e. The van der Waals surface area contributed by atoms with Crippen LogP contribution in [0.4, 0.5) is 10.5 Å². The minimum atomic E-state index is -0.408. The molecule has 4 aromatic rings. The van der Waals surface area contributed by atoms with E-state index < -0.39 is 5.97 Å². The van der Waals surface area contributed by atoms with Gasteiger partial charge in [-0.2, -0.15) is 0 Å². The number of benzene rings is 3. The first-order chi connectivity index (χ1) is 17.6. The third-order valence-electron chi connectivity index (χ3n) is 6.33. The zero-order valence-electron chi connectivity index (χ0n) is 20.3. The van der Waals surface area contributed by atoms with E-state index in [1.165, 1.54) is 0 Å². The van der Waals surface area contributed by atoms with E-state index in [0.717, 1.165) is 40.4 Å². The largest absolute Gasteiger partial charge is 0.497 e. The maximum Gasteiger partial charge on any atom is 0.355 e. The van der Waals surface area contributed by atoms with Crippen molar-refractivity contribution in [1.29, 1.82) is 0 Å². The Morgan fingerprint density at radius 2 is 1.75 bits per heavy atom. The van der Waals surface area contributed by atoms with Gasteiger partial charge >= 0.3 is 12.0 Å². The average Bonchev–Trinajstić information content (AvgIpc) is 3.62. The molecule has 1 saturated carbocycles. The molecule has 7 heteroatoms. The van der Waals surface area contributed by atoms with Crippen molar-refractivity contribution < 1.29 is 19.1 Å². The standard InChI is InChI=1S/C29H29N3O4/c1-3-36-28(33)27-26(23-12-4-5-13-24(23)32-27)25(19-9-7-11-22(17-19)35-2)18-8-6-10-21(16-18)31-29(34)30-20-14-15-20/h4-13,16-17,20,25,32H,3,14-15H2,1-2H3,(H2,30,31,34). The SMILES string of the molecule is CCOC(=O)c1[nH]c2ccccc2c1C(c1cccc(NC(=O)NC2CC2)c1)c1cccc(OC)c1. The van der Waals surface area contributed by atoms with Gasteiger partial charge in [0.2, 0.25) is 0 Å². The van der Waals surface area contributed by atoms with Crippen LogP contribution in [0.2, 0.25) is 0 Å². The number of nitrogens with one attached hydrogen (secondary N) is 3. The Labute approximate surface area is 209 Å². The monoisotopic (exact) mass is 483 g/mol. The Bertz CT molecular complexity index is 1410. The number of rotatable bonds is 8. The number of para-hydroxylation sites is 1. The van der Waals surface area contributed by atoms with Crippen LogP contribution in [-0.4, -0.2) is 36.7 Å². The van der Waals surface area contributed by atoms with Gasteiger partial charge in [0.25, 0.3) is 0 Å². The van der Waals surface area contributed by atoms with Crippen molar-refractivity contribution in [2.45, 2.75) is 31.7 Å². The Hall–Kier alpha value is -4.26. The van der Waals surface area contributed by atoms with Gasteiger partial charge in [-0.15, -0.1) is 0 Å². The lowest BCUT2D eigenvalue weighted by molar-refractivity contribution is 0.0519. The van der Waals surface area contributed by atoms with E-state index >= 15 is 0 Å². The molecule has 1 aliphatic rings. The van der Waals surface area contributed by atoms with Crippen LogP contribution in [0.1, 0.15) is 52.9 Å². The van der Waals surface area contributed by atoms with E-state index in [2.05, 4.69) is 15.6 Å². The minimum absolute atomic E-state index is 0.216. The van der Waals surface area contributed by atoms with E-state index in [0.29, 0.717) is 17.1 Å². The maximum atomic E-state index is 13.1. The highest BCUT2D eigenvalue weighted by atomic mass is 16.5. The Morgan fingerprint density at radius 3 is 2.50 bits per heavy atom. The van der Waals surface area contributed by atoms with Crippen LogP contribution in [0.3, 0.4) is 0 Å². The van der Waals surface area contributed by atoms with Crippen molar-refractivity contribution in [2.24, 2.45) is 0 Å². The summed E-state index contributed by atoms with van der Waals surface area (Å²) >= 11 is 0. The van der Waals surface area contributed by atoms with Gasteiger partial charge in [-0.3, -0.25) is 0 Å². The van der Waals surface area contributed by atoms with E-state index in [-0.39, 0.29) is 24.6 Å². The summed E-state index contributed by atoms with van der Waals surface area (Å²) in [5, 5.41) is 6.83. The fraction of sp³-hybridized carbons (Fsp3) is 0.241. The molecule has 5 rings (SSSR count). The molecule has 1 aliphatic carbocycles. The molecule has 184 valence electrons. The second-order valence-electron chi connectivity index (χ2n) is 8.89. The second-order valence-corrected chi connectivity index (χ2v) is 8.89. The quantitative estimate of drug-likeness (QED) is 0.276. The molecule has 1 unspecified atom stereocenters. The molecule has 0 aliphatic heterocycles. The number of methoxy groups -OCH3 is 1. The number of ether oxygens (including phenoxy) is 2. The van der Waals surface area contributed by atoms with Crippen LogP contribution in [-0.2, 0) is 4.74 Å². The van der Waals surface area contributed by atoms with Crippen LogP contribution in [0, 0.1) is 0 Å².